The average Bonchev–Trinajstić information content (AvgIpc) is 2.24. The predicted octanol–water partition coefficient (Wildman–Crippen LogP) is 3.05. The molecule has 0 saturated heterocycles. The molecule has 0 aliphatic heterocycles. The van der Waals surface area contributed by atoms with Crippen LogP contribution in [0.1, 0.15) is 60.3 Å². The molecule has 1 N–H and O–H groups in total. The molecule has 0 radical (unpaired) electrons. The zero-order valence-electron chi connectivity index (χ0n) is 11.2. The van der Waals surface area contributed by atoms with E-state index in [-0.39, 0.29) is 6.10 Å². The zero-order valence-corrected chi connectivity index (χ0v) is 11.2. The first-order valence-corrected chi connectivity index (χ1v) is 6.59. The molecule has 1 fully saturated rings. The van der Waals surface area contributed by atoms with Gasteiger partial charge in [0.1, 0.15) is 0 Å². The summed E-state index contributed by atoms with van der Waals surface area (Å²) in [5.74, 6) is 0. The lowest BCUT2D eigenvalue weighted by Crippen LogP contribution is -2.42. The van der Waals surface area contributed by atoms with Crippen molar-refractivity contribution in [2.45, 2.75) is 78.5 Å². The van der Waals surface area contributed by atoms with Crippen LogP contribution in [0.3, 0.4) is 0 Å². The average molecular weight is 215 g/mol. The summed E-state index contributed by atoms with van der Waals surface area (Å²) in [6.07, 6.45) is 4.31. The molecule has 1 saturated carbocycles. The van der Waals surface area contributed by atoms with Crippen LogP contribution in [0, 0.1) is 0 Å². The molecule has 0 bridgehead atoms. The molecule has 0 spiro atoms. The van der Waals surface area contributed by atoms with Gasteiger partial charge in [-0.3, -0.25) is 4.90 Å². The Bertz CT molecular complexity index is 139. The molecule has 1 aliphatic rings. The van der Waals surface area contributed by atoms with Gasteiger partial charge in [-0.2, -0.15) is 0 Å². The molecule has 0 amide bonds. The normalized spacial score (nSPS) is 26.4. The number of nitrogens with zero attached hydrogens (tertiary/aromatic N) is 1. The molecule has 2 heteroatoms. The van der Waals surface area contributed by atoms with Crippen LogP contribution in [0.4, 0.5) is 0 Å². The monoisotopic (exact) mass is 215 g/mol. The number of aliphatic hydroxyl groups excluding tert-OH is 1. The lowest BCUT2D eigenvalue weighted by atomic mass is 9.91. The fourth-order valence-corrected chi connectivity index (χ4v) is 2.43. The van der Waals surface area contributed by atoms with Gasteiger partial charge in [-0.1, -0.05) is 20.8 Å². The van der Waals surface area contributed by atoms with E-state index in [9.17, 15) is 5.11 Å². The van der Waals surface area contributed by atoms with Crippen LogP contribution in [0.2, 0.25) is 0 Å². The third-order valence-corrected chi connectivity index (χ3v) is 3.16. The Labute approximate surface area is 95.7 Å². The largest absolute Gasteiger partial charge is 0.393 e. The predicted molar refractivity (Wildman–Crippen MR) is 67.1 cm³/mol. The summed E-state index contributed by atoms with van der Waals surface area (Å²) in [6.45, 7) is 11.9. The summed E-state index contributed by atoms with van der Waals surface area (Å²) >= 11 is 0. The standard InChI is InChI=1S/C11H23NO.C2H6/c1-4-12(9(2)3)10-5-7-11(13)8-6-10;1-2/h9-11,13H,4-8H2,1-3H3;1-2H3. The van der Waals surface area contributed by atoms with E-state index in [2.05, 4.69) is 25.7 Å². The molecular formula is C13H29NO. The van der Waals surface area contributed by atoms with E-state index in [1.165, 1.54) is 12.8 Å². The zero-order chi connectivity index (χ0) is 11.8. The molecule has 1 aliphatic carbocycles. The van der Waals surface area contributed by atoms with Crippen LogP contribution < -0.4 is 0 Å². The number of hydrogen-bond acceptors (Lipinski definition) is 2. The van der Waals surface area contributed by atoms with Crippen LogP contribution in [0.15, 0.2) is 0 Å². The molecule has 0 aromatic carbocycles. The Balaban J connectivity index is 0.000000921. The van der Waals surface area contributed by atoms with E-state index in [1.54, 1.807) is 0 Å². The SMILES string of the molecule is CC.CCN(C(C)C)C1CCC(O)CC1. The highest BCUT2D eigenvalue weighted by atomic mass is 16.3. The Kier molecular flexibility index (Phi) is 8.07. The third-order valence-electron chi connectivity index (χ3n) is 3.16. The second-order valence-corrected chi connectivity index (χ2v) is 4.39. The van der Waals surface area contributed by atoms with Crippen LogP contribution in [-0.4, -0.2) is 34.7 Å². The quantitative estimate of drug-likeness (QED) is 0.782. The van der Waals surface area contributed by atoms with Gasteiger partial charge in [0.25, 0.3) is 0 Å². The summed E-state index contributed by atoms with van der Waals surface area (Å²) in [5, 5.41) is 9.40. The van der Waals surface area contributed by atoms with Gasteiger partial charge in [0.2, 0.25) is 0 Å². The van der Waals surface area contributed by atoms with Gasteiger partial charge in [0.05, 0.1) is 6.10 Å². The summed E-state index contributed by atoms with van der Waals surface area (Å²) in [7, 11) is 0. The van der Waals surface area contributed by atoms with Gasteiger partial charge in [-0.15, -0.1) is 0 Å². The third kappa shape index (κ3) is 4.98. The maximum atomic E-state index is 9.40. The van der Waals surface area contributed by atoms with Gasteiger partial charge in [0.15, 0.2) is 0 Å². The Hall–Kier alpha value is -0.0800. The molecular weight excluding hydrogens is 186 g/mol. The summed E-state index contributed by atoms with van der Waals surface area (Å²) in [6, 6.07) is 1.36. The molecule has 92 valence electrons. The maximum absolute atomic E-state index is 9.40. The molecule has 0 unspecified atom stereocenters. The lowest BCUT2D eigenvalue weighted by Gasteiger charge is -2.37. The van der Waals surface area contributed by atoms with Crippen molar-refractivity contribution < 1.29 is 5.11 Å². The van der Waals surface area contributed by atoms with E-state index >= 15 is 0 Å². The van der Waals surface area contributed by atoms with Crippen molar-refractivity contribution in [1.82, 2.24) is 4.90 Å². The van der Waals surface area contributed by atoms with Crippen molar-refractivity contribution >= 4 is 0 Å². The summed E-state index contributed by atoms with van der Waals surface area (Å²) in [5.41, 5.74) is 0. The van der Waals surface area contributed by atoms with Gasteiger partial charge in [-0.25, -0.2) is 0 Å². The summed E-state index contributed by atoms with van der Waals surface area (Å²) in [4.78, 5) is 2.55. The highest BCUT2D eigenvalue weighted by molar-refractivity contribution is 4.80. The van der Waals surface area contributed by atoms with Crippen molar-refractivity contribution in [3.05, 3.63) is 0 Å². The Morgan fingerprint density at radius 3 is 1.93 bits per heavy atom. The fourth-order valence-electron chi connectivity index (χ4n) is 2.43. The van der Waals surface area contributed by atoms with Crippen molar-refractivity contribution in [1.29, 1.82) is 0 Å². The second-order valence-electron chi connectivity index (χ2n) is 4.39. The second kappa shape index (κ2) is 8.12. The Morgan fingerprint density at radius 1 is 1.13 bits per heavy atom. The topological polar surface area (TPSA) is 23.5 Å². The van der Waals surface area contributed by atoms with Crippen molar-refractivity contribution in [2.24, 2.45) is 0 Å². The molecule has 0 aromatic rings. The van der Waals surface area contributed by atoms with Crippen LogP contribution >= 0.6 is 0 Å². The van der Waals surface area contributed by atoms with Crippen molar-refractivity contribution in [3.63, 3.8) is 0 Å². The first-order valence-electron chi connectivity index (χ1n) is 6.59. The van der Waals surface area contributed by atoms with Crippen molar-refractivity contribution in [2.75, 3.05) is 6.54 Å². The van der Waals surface area contributed by atoms with Gasteiger partial charge >= 0.3 is 0 Å². The van der Waals surface area contributed by atoms with Gasteiger partial charge < -0.3 is 5.11 Å². The minimum Gasteiger partial charge on any atom is -0.393 e. The molecule has 1 rings (SSSR count). The highest BCUT2D eigenvalue weighted by Crippen LogP contribution is 2.24. The van der Waals surface area contributed by atoms with E-state index in [4.69, 9.17) is 0 Å². The molecule has 0 aromatic heterocycles. The number of rotatable bonds is 3. The number of aliphatic hydroxyl groups is 1. The molecule has 0 atom stereocenters. The van der Waals surface area contributed by atoms with E-state index in [0.29, 0.717) is 12.1 Å². The van der Waals surface area contributed by atoms with Crippen LogP contribution in [-0.2, 0) is 0 Å². The van der Waals surface area contributed by atoms with Crippen LogP contribution in [0.5, 0.6) is 0 Å². The minimum absolute atomic E-state index is 0.0258. The maximum Gasteiger partial charge on any atom is 0.0541 e. The number of hydrogen-bond donors (Lipinski definition) is 1. The van der Waals surface area contributed by atoms with E-state index in [0.717, 1.165) is 19.4 Å². The molecule has 0 heterocycles. The summed E-state index contributed by atoms with van der Waals surface area (Å²) < 4.78 is 0. The highest BCUT2D eigenvalue weighted by Gasteiger charge is 2.24. The lowest BCUT2D eigenvalue weighted by molar-refractivity contribution is 0.0623. The van der Waals surface area contributed by atoms with Crippen molar-refractivity contribution in [3.8, 4) is 0 Å². The van der Waals surface area contributed by atoms with E-state index < -0.39 is 0 Å². The fraction of sp³-hybridized carbons (Fsp3) is 1.00. The first kappa shape index (κ1) is 14.9. The minimum atomic E-state index is -0.0258. The smallest absolute Gasteiger partial charge is 0.0541 e. The van der Waals surface area contributed by atoms with Gasteiger partial charge in [-0.05, 0) is 46.1 Å². The Morgan fingerprint density at radius 2 is 1.60 bits per heavy atom. The van der Waals surface area contributed by atoms with Crippen LogP contribution in [0.25, 0.3) is 0 Å². The first-order chi connectivity index (χ1) is 7.15. The molecule has 15 heavy (non-hydrogen) atoms. The molecule has 2 nitrogen and oxygen atoms in total. The van der Waals surface area contributed by atoms with Gasteiger partial charge in [0, 0.05) is 12.1 Å². The van der Waals surface area contributed by atoms with E-state index in [1.807, 2.05) is 13.8 Å².